The Morgan fingerprint density at radius 3 is 1.00 bits per heavy atom. The van der Waals surface area contributed by atoms with Gasteiger partial charge in [0.15, 0.2) is 0 Å². The van der Waals surface area contributed by atoms with Gasteiger partial charge in [0, 0.05) is 0 Å². The van der Waals surface area contributed by atoms with Crippen LogP contribution in [-0.4, -0.2) is 33.2 Å². The summed E-state index contributed by atoms with van der Waals surface area (Å²) in [5, 5.41) is 25.8. The molecule has 0 radical (unpaired) electrons. The molecule has 0 heterocycles. The molecule has 0 amide bonds. The first-order chi connectivity index (χ1) is 6.91. The van der Waals surface area contributed by atoms with E-state index >= 15 is 0 Å². The molecule has 0 spiro atoms. The second-order valence-electron chi connectivity index (χ2n) is 2.71. The first-order valence-corrected chi connectivity index (χ1v) is 3.77. The third kappa shape index (κ3) is 2.96. The summed E-state index contributed by atoms with van der Waals surface area (Å²) < 4.78 is 0. The summed E-state index contributed by atoms with van der Waals surface area (Å²) in [5.74, 6) is -4.12. The molecule has 7 heteroatoms. The van der Waals surface area contributed by atoms with Crippen molar-refractivity contribution in [3.8, 4) is 0 Å². The summed E-state index contributed by atoms with van der Waals surface area (Å²) in [6.45, 7) is 0. The van der Waals surface area contributed by atoms with Crippen LogP contribution in [0.4, 0.5) is 0 Å². The Hall–Kier alpha value is -2.08. The van der Waals surface area contributed by atoms with Crippen LogP contribution in [-0.2, 0) is 0 Å². The summed E-state index contributed by atoms with van der Waals surface area (Å²) in [4.78, 5) is 31.7. The first kappa shape index (κ1) is 13.9. The summed E-state index contributed by atoms with van der Waals surface area (Å²) in [7, 11) is 0. The van der Waals surface area contributed by atoms with Gasteiger partial charge in [0.25, 0.3) is 0 Å². The number of carboxylic acid groups (broad SMARTS) is 3. The summed E-state index contributed by atoms with van der Waals surface area (Å²) in [6.07, 6.45) is 0. The normalized spacial score (nSPS) is 9.00. The molecule has 0 atom stereocenters. The van der Waals surface area contributed by atoms with Crippen molar-refractivity contribution in [1.82, 2.24) is 0 Å². The van der Waals surface area contributed by atoms with E-state index in [1.54, 1.807) is 0 Å². The van der Waals surface area contributed by atoms with Crippen molar-refractivity contribution < 1.29 is 29.7 Å². The highest BCUT2D eigenvalue weighted by atomic mass is 35.5. The van der Waals surface area contributed by atoms with Crippen LogP contribution in [0.3, 0.4) is 0 Å². The maximum atomic E-state index is 10.6. The molecule has 0 unspecified atom stereocenters. The minimum atomic E-state index is -1.37. The van der Waals surface area contributed by atoms with Crippen LogP contribution in [0.2, 0.25) is 0 Å². The van der Waals surface area contributed by atoms with Crippen LogP contribution >= 0.6 is 12.4 Å². The molecule has 1 aromatic rings. The molecule has 0 aliphatic heterocycles. The number of hydrogen-bond acceptors (Lipinski definition) is 3. The maximum absolute atomic E-state index is 10.6. The minimum Gasteiger partial charge on any atom is -0.478 e. The third-order valence-corrected chi connectivity index (χ3v) is 1.67. The Balaban J connectivity index is 0.00000225. The van der Waals surface area contributed by atoms with E-state index in [0.717, 1.165) is 18.2 Å². The molecule has 86 valence electrons. The zero-order chi connectivity index (χ0) is 11.6. The molecule has 1 aromatic carbocycles. The average Bonchev–Trinajstić information content (AvgIpc) is 2.16. The van der Waals surface area contributed by atoms with Crippen LogP contribution in [0.25, 0.3) is 0 Å². The van der Waals surface area contributed by atoms with Gasteiger partial charge in [0.1, 0.15) is 0 Å². The molecular formula is C9H7ClO6. The van der Waals surface area contributed by atoms with Gasteiger partial charge in [-0.2, -0.15) is 0 Å². The fourth-order valence-electron chi connectivity index (χ4n) is 0.998. The van der Waals surface area contributed by atoms with Crippen LogP contribution in [0.1, 0.15) is 31.1 Å². The van der Waals surface area contributed by atoms with Crippen LogP contribution < -0.4 is 0 Å². The van der Waals surface area contributed by atoms with Crippen LogP contribution in [0.15, 0.2) is 18.2 Å². The molecule has 0 bridgehead atoms. The molecule has 6 nitrogen and oxygen atoms in total. The minimum absolute atomic E-state index is 0. The van der Waals surface area contributed by atoms with E-state index in [1.165, 1.54) is 0 Å². The SMILES string of the molecule is Cl.O=C(O)c1cc(C(=O)O)cc(C(=O)O)c1. The highest BCUT2D eigenvalue weighted by Gasteiger charge is 2.14. The van der Waals surface area contributed by atoms with E-state index in [1.807, 2.05) is 0 Å². The maximum Gasteiger partial charge on any atom is 0.335 e. The molecule has 0 aliphatic carbocycles. The van der Waals surface area contributed by atoms with Crippen molar-refractivity contribution in [2.75, 3.05) is 0 Å². The van der Waals surface area contributed by atoms with Crippen molar-refractivity contribution in [2.24, 2.45) is 0 Å². The molecule has 0 saturated carbocycles. The third-order valence-electron chi connectivity index (χ3n) is 1.67. The Kier molecular flexibility index (Phi) is 4.46. The lowest BCUT2D eigenvalue weighted by molar-refractivity contribution is 0.0696. The van der Waals surface area contributed by atoms with Gasteiger partial charge in [-0.3, -0.25) is 0 Å². The lowest BCUT2D eigenvalue weighted by Gasteiger charge is -2.00. The molecule has 3 N–H and O–H groups in total. The van der Waals surface area contributed by atoms with Gasteiger partial charge >= 0.3 is 17.9 Å². The summed E-state index contributed by atoms with van der Waals surface area (Å²) >= 11 is 0. The Labute approximate surface area is 95.5 Å². The second kappa shape index (κ2) is 5.13. The van der Waals surface area contributed by atoms with Gasteiger partial charge in [0.05, 0.1) is 16.7 Å². The van der Waals surface area contributed by atoms with E-state index in [0.29, 0.717) is 0 Å². The lowest BCUT2D eigenvalue weighted by Crippen LogP contribution is -2.07. The van der Waals surface area contributed by atoms with Gasteiger partial charge in [-0.1, -0.05) is 0 Å². The predicted molar refractivity (Wildman–Crippen MR) is 54.6 cm³/mol. The number of carboxylic acids is 3. The van der Waals surface area contributed by atoms with Crippen molar-refractivity contribution in [2.45, 2.75) is 0 Å². The van der Waals surface area contributed by atoms with Crippen molar-refractivity contribution in [1.29, 1.82) is 0 Å². The smallest absolute Gasteiger partial charge is 0.335 e. The zero-order valence-corrected chi connectivity index (χ0v) is 8.52. The van der Waals surface area contributed by atoms with Gasteiger partial charge in [0.2, 0.25) is 0 Å². The Morgan fingerprint density at radius 1 is 0.688 bits per heavy atom. The lowest BCUT2D eigenvalue weighted by atomic mass is 10.1. The van der Waals surface area contributed by atoms with Gasteiger partial charge in [-0.05, 0) is 18.2 Å². The van der Waals surface area contributed by atoms with E-state index in [9.17, 15) is 14.4 Å². The number of carbonyl (C=O) groups is 3. The Morgan fingerprint density at radius 2 is 0.875 bits per heavy atom. The molecule has 0 aromatic heterocycles. The number of benzene rings is 1. The van der Waals surface area contributed by atoms with E-state index in [-0.39, 0.29) is 29.1 Å². The highest BCUT2D eigenvalue weighted by Crippen LogP contribution is 2.11. The van der Waals surface area contributed by atoms with Gasteiger partial charge in [-0.25, -0.2) is 14.4 Å². The first-order valence-electron chi connectivity index (χ1n) is 3.77. The number of hydrogen-bond donors (Lipinski definition) is 3. The second-order valence-corrected chi connectivity index (χ2v) is 2.71. The number of aromatic carboxylic acids is 3. The average molecular weight is 247 g/mol. The van der Waals surface area contributed by atoms with E-state index in [4.69, 9.17) is 15.3 Å². The van der Waals surface area contributed by atoms with Crippen molar-refractivity contribution in [3.05, 3.63) is 34.9 Å². The fourth-order valence-corrected chi connectivity index (χ4v) is 0.998. The van der Waals surface area contributed by atoms with E-state index < -0.39 is 17.9 Å². The molecule has 0 aliphatic rings. The molecule has 0 fully saturated rings. The van der Waals surface area contributed by atoms with Gasteiger partial charge < -0.3 is 15.3 Å². The predicted octanol–water partition coefficient (Wildman–Crippen LogP) is 1.20. The van der Waals surface area contributed by atoms with Crippen molar-refractivity contribution in [3.63, 3.8) is 0 Å². The topological polar surface area (TPSA) is 112 Å². The zero-order valence-electron chi connectivity index (χ0n) is 7.71. The molecular weight excluding hydrogens is 240 g/mol. The number of halogens is 1. The summed E-state index contributed by atoms with van der Waals surface area (Å²) in [5.41, 5.74) is -1.10. The van der Waals surface area contributed by atoms with Gasteiger partial charge in [-0.15, -0.1) is 12.4 Å². The van der Waals surface area contributed by atoms with Crippen LogP contribution in [0.5, 0.6) is 0 Å². The van der Waals surface area contributed by atoms with Crippen molar-refractivity contribution >= 4 is 30.3 Å². The monoisotopic (exact) mass is 246 g/mol. The quantitative estimate of drug-likeness (QED) is 0.739. The molecule has 0 saturated heterocycles. The highest BCUT2D eigenvalue weighted by molar-refractivity contribution is 5.98. The molecule has 1 rings (SSSR count). The van der Waals surface area contributed by atoms with E-state index in [2.05, 4.69) is 0 Å². The van der Waals surface area contributed by atoms with Crippen LogP contribution in [0, 0.1) is 0 Å². The standard InChI is InChI=1S/C9H6O6.ClH/c10-7(11)4-1-5(8(12)13)3-6(2-4)9(14)15;/h1-3H,(H,10,11)(H,12,13)(H,14,15);1H. The summed E-state index contributed by atoms with van der Waals surface area (Å²) in [6, 6.07) is 2.70. The molecule has 16 heavy (non-hydrogen) atoms. The number of rotatable bonds is 3. The fraction of sp³-hybridized carbons (Fsp3) is 0. The largest absolute Gasteiger partial charge is 0.478 e. The Bertz CT molecular complexity index is 374.